The fourth-order valence-corrected chi connectivity index (χ4v) is 5.22. The van der Waals surface area contributed by atoms with Gasteiger partial charge in [0, 0.05) is 18.4 Å². The molecule has 1 aliphatic rings. The largest absolute Gasteiger partial charge is 0.384 e. The van der Waals surface area contributed by atoms with Gasteiger partial charge in [-0.3, -0.25) is 14.2 Å². The normalized spacial score (nSPS) is 18.5. The van der Waals surface area contributed by atoms with Gasteiger partial charge in [-0.2, -0.15) is 0 Å². The predicted molar refractivity (Wildman–Crippen MR) is 108 cm³/mol. The van der Waals surface area contributed by atoms with Crippen molar-refractivity contribution >= 4 is 27.5 Å². The Morgan fingerprint density at radius 3 is 2.74 bits per heavy atom. The third-order valence-electron chi connectivity index (χ3n) is 5.74. The molecule has 148 valence electrons. The second-order valence-electron chi connectivity index (χ2n) is 8.51. The van der Waals surface area contributed by atoms with Crippen LogP contribution < -0.4 is 11.3 Å². The minimum absolute atomic E-state index is 0.149. The lowest BCUT2D eigenvalue weighted by Crippen LogP contribution is -2.35. The summed E-state index contributed by atoms with van der Waals surface area (Å²) in [5.74, 6) is 0.623. The molecule has 7 heteroatoms. The van der Waals surface area contributed by atoms with Crippen LogP contribution in [0.25, 0.3) is 10.2 Å². The number of carbonyl (C=O) groups is 1. The smallest absolute Gasteiger partial charge is 0.263 e. The molecule has 2 aromatic rings. The van der Waals surface area contributed by atoms with Crippen molar-refractivity contribution in [3.05, 3.63) is 26.6 Å². The zero-order chi connectivity index (χ0) is 19.9. The summed E-state index contributed by atoms with van der Waals surface area (Å²) in [5.41, 5.74) is 6.72. The molecule has 6 nitrogen and oxygen atoms in total. The molecule has 1 aliphatic carbocycles. The van der Waals surface area contributed by atoms with Gasteiger partial charge in [-0.05, 0) is 43.1 Å². The number of aromatic nitrogens is 2. The summed E-state index contributed by atoms with van der Waals surface area (Å²) in [6, 6.07) is -0.734. The maximum absolute atomic E-state index is 13.4. The topological polar surface area (TPSA) is 87.2 Å². The lowest BCUT2D eigenvalue weighted by molar-refractivity contribution is -0.120. The van der Waals surface area contributed by atoms with Gasteiger partial charge in [-0.1, -0.05) is 20.8 Å². The standard InChI is InChI=1S/C20H29N3O3S/c1-11(17(21)24)23-15(8-9-26-5)22-18-16(19(23)25)13-7-6-12(20(2,3)4)10-14(13)27-18/h11-12H,6-10H2,1-5H3,(H2,21,24). The number of hydrogen-bond donors (Lipinski definition) is 1. The first-order valence-corrected chi connectivity index (χ1v) is 10.3. The Kier molecular flexibility index (Phi) is 5.45. The van der Waals surface area contributed by atoms with Crippen LogP contribution in [0.4, 0.5) is 0 Å². The van der Waals surface area contributed by atoms with Gasteiger partial charge in [0.15, 0.2) is 0 Å². The molecule has 0 aliphatic heterocycles. The highest BCUT2D eigenvalue weighted by Gasteiger charge is 2.32. The van der Waals surface area contributed by atoms with E-state index in [1.807, 2.05) is 0 Å². The van der Waals surface area contributed by atoms with Crippen molar-refractivity contribution in [1.29, 1.82) is 0 Å². The van der Waals surface area contributed by atoms with Gasteiger partial charge >= 0.3 is 0 Å². The summed E-state index contributed by atoms with van der Waals surface area (Å²) >= 11 is 1.63. The van der Waals surface area contributed by atoms with Crippen LogP contribution in [0.15, 0.2) is 4.79 Å². The fraction of sp³-hybridized carbons (Fsp3) is 0.650. The van der Waals surface area contributed by atoms with E-state index in [4.69, 9.17) is 15.5 Å². The number of methoxy groups -OCH3 is 1. The van der Waals surface area contributed by atoms with E-state index in [0.717, 1.165) is 29.7 Å². The Bertz CT molecular complexity index is 923. The van der Waals surface area contributed by atoms with Crippen LogP contribution in [0.5, 0.6) is 0 Å². The molecule has 2 aromatic heterocycles. The summed E-state index contributed by atoms with van der Waals surface area (Å²) in [6.07, 6.45) is 3.40. The molecule has 2 N–H and O–H groups in total. The number of nitrogens with zero attached hydrogens (tertiary/aromatic N) is 2. The predicted octanol–water partition coefficient (Wildman–Crippen LogP) is 2.84. The van der Waals surface area contributed by atoms with Crippen molar-refractivity contribution in [2.45, 2.75) is 59.4 Å². The lowest BCUT2D eigenvalue weighted by atomic mass is 9.72. The number of carbonyl (C=O) groups excluding carboxylic acids is 1. The minimum Gasteiger partial charge on any atom is -0.384 e. The van der Waals surface area contributed by atoms with Gasteiger partial charge in [0.2, 0.25) is 5.91 Å². The van der Waals surface area contributed by atoms with Crippen LogP contribution >= 0.6 is 11.3 Å². The second kappa shape index (κ2) is 7.36. The van der Waals surface area contributed by atoms with Crippen molar-refractivity contribution < 1.29 is 9.53 Å². The average Bonchev–Trinajstić information content (AvgIpc) is 2.96. The molecule has 0 spiro atoms. The molecule has 2 atom stereocenters. The molecule has 1 amide bonds. The molecule has 0 bridgehead atoms. The second-order valence-corrected chi connectivity index (χ2v) is 9.60. The van der Waals surface area contributed by atoms with Crippen LogP contribution in [0.3, 0.4) is 0 Å². The third-order valence-corrected chi connectivity index (χ3v) is 6.89. The molecule has 0 fully saturated rings. The molecule has 0 radical (unpaired) electrons. The molecule has 2 heterocycles. The zero-order valence-electron chi connectivity index (χ0n) is 16.8. The van der Waals surface area contributed by atoms with Gasteiger partial charge in [-0.25, -0.2) is 4.98 Å². The van der Waals surface area contributed by atoms with Gasteiger partial charge in [-0.15, -0.1) is 11.3 Å². The van der Waals surface area contributed by atoms with Crippen LogP contribution in [-0.2, 0) is 28.8 Å². The first-order chi connectivity index (χ1) is 12.6. The van der Waals surface area contributed by atoms with E-state index in [1.165, 1.54) is 9.44 Å². The number of nitrogens with two attached hydrogens (primary N) is 1. The molecular formula is C20H29N3O3S. The van der Waals surface area contributed by atoms with Crippen LogP contribution in [-0.4, -0.2) is 29.2 Å². The third kappa shape index (κ3) is 3.67. The van der Waals surface area contributed by atoms with Crippen LogP contribution in [0, 0.1) is 11.3 Å². The minimum atomic E-state index is -0.734. The molecule has 27 heavy (non-hydrogen) atoms. The summed E-state index contributed by atoms with van der Waals surface area (Å²) < 4.78 is 6.62. The van der Waals surface area contributed by atoms with Crippen molar-refractivity contribution in [1.82, 2.24) is 9.55 Å². The highest BCUT2D eigenvalue weighted by atomic mass is 32.1. The van der Waals surface area contributed by atoms with Gasteiger partial charge in [0.1, 0.15) is 16.7 Å². The molecule has 0 saturated heterocycles. The Labute approximate surface area is 163 Å². The number of primary amides is 1. The molecule has 3 rings (SSSR count). The van der Waals surface area contributed by atoms with Gasteiger partial charge in [0.25, 0.3) is 5.56 Å². The van der Waals surface area contributed by atoms with Gasteiger partial charge < -0.3 is 10.5 Å². The van der Waals surface area contributed by atoms with E-state index in [0.29, 0.717) is 30.2 Å². The van der Waals surface area contributed by atoms with E-state index in [2.05, 4.69) is 20.8 Å². The number of aryl methyl sites for hydroxylation is 1. The number of fused-ring (bicyclic) bond motifs is 3. The summed E-state index contributed by atoms with van der Waals surface area (Å²) in [5, 5.41) is 0.677. The van der Waals surface area contributed by atoms with Crippen LogP contribution in [0.2, 0.25) is 0 Å². The monoisotopic (exact) mass is 391 g/mol. The number of rotatable bonds is 5. The van der Waals surface area contributed by atoms with E-state index in [9.17, 15) is 9.59 Å². The van der Waals surface area contributed by atoms with E-state index in [1.54, 1.807) is 25.4 Å². The van der Waals surface area contributed by atoms with E-state index < -0.39 is 11.9 Å². The highest BCUT2D eigenvalue weighted by molar-refractivity contribution is 7.18. The van der Waals surface area contributed by atoms with Crippen molar-refractivity contribution in [2.24, 2.45) is 17.1 Å². The Morgan fingerprint density at radius 2 is 2.15 bits per heavy atom. The molecule has 0 saturated carbocycles. The van der Waals surface area contributed by atoms with E-state index >= 15 is 0 Å². The lowest BCUT2D eigenvalue weighted by Gasteiger charge is -2.33. The zero-order valence-corrected chi connectivity index (χ0v) is 17.6. The number of ether oxygens (including phenoxy) is 1. The van der Waals surface area contributed by atoms with Crippen molar-refractivity contribution in [2.75, 3.05) is 13.7 Å². The summed E-state index contributed by atoms with van der Waals surface area (Å²) in [7, 11) is 1.61. The molecular weight excluding hydrogens is 362 g/mol. The fourth-order valence-electron chi connectivity index (χ4n) is 3.92. The highest BCUT2D eigenvalue weighted by Crippen LogP contribution is 2.42. The first kappa shape index (κ1) is 20.0. The van der Waals surface area contributed by atoms with Crippen molar-refractivity contribution in [3.8, 4) is 0 Å². The maximum Gasteiger partial charge on any atom is 0.263 e. The number of thiophene rings is 1. The van der Waals surface area contributed by atoms with Crippen LogP contribution in [0.1, 0.15) is 56.4 Å². The van der Waals surface area contributed by atoms with Gasteiger partial charge in [0.05, 0.1) is 12.0 Å². The Balaban J connectivity index is 2.17. The summed E-state index contributed by atoms with van der Waals surface area (Å²) in [6.45, 7) is 8.92. The molecule has 2 unspecified atom stereocenters. The van der Waals surface area contributed by atoms with Crippen molar-refractivity contribution in [3.63, 3.8) is 0 Å². The summed E-state index contributed by atoms with van der Waals surface area (Å²) in [4.78, 5) is 32.0. The average molecular weight is 392 g/mol. The maximum atomic E-state index is 13.4. The first-order valence-electron chi connectivity index (χ1n) is 9.49. The Morgan fingerprint density at radius 1 is 1.44 bits per heavy atom. The quantitative estimate of drug-likeness (QED) is 0.849. The molecule has 0 aromatic carbocycles. The Hall–Kier alpha value is -1.73. The van der Waals surface area contributed by atoms with E-state index in [-0.39, 0.29) is 11.0 Å². The number of amides is 1. The SMILES string of the molecule is COCCc1nc2sc3c(c2c(=O)n1C(C)C(N)=O)CCC(C(C)(C)C)C3. The number of hydrogen-bond acceptors (Lipinski definition) is 5.